The van der Waals surface area contributed by atoms with Crippen LogP contribution < -0.4 is 15.4 Å². The Labute approximate surface area is 181 Å². The molecule has 0 atom stereocenters. The topological polar surface area (TPSA) is 53.6 Å². The van der Waals surface area contributed by atoms with Gasteiger partial charge in [-0.1, -0.05) is 25.4 Å². The summed E-state index contributed by atoms with van der Waals surface area (Å²) in [7, 11) is 0. The van der Waals surface area contributed by atoms with Crippen molar-refractivity contribution in [2.24, 2.45) is 0 Å². The lowest BCUT2D eigenvalue weighted by atomic mass is 10.1. The van der Waals surface area contributed by atoms with Crippen molar-refractivity contribution >= 4 is 42.3 Å². The average molecular weight is 443 g/mol. The molecule has 0 aliphatic carbocycles. The number of benzene rings is 1. The predicted molar refractivity (Wildman–Crippen MR) is 119 cm³/mol. The van der Waals surface area contributed by atoms with Crippen LogP contribution in [0.5, 0.6) is 5.75 Å². The minimum Gasteiger partial charge on any atom is -0.483 e. The first kappa shape index (κ1) is 28.5. The summed E-state index contributed by atoms with van der Waals surface area (Å²) in [4.78, 5) is 14.3. The van der Waals surface area contributed by atoms with Crippen LogP contribution in [0.25, 0.3) is 0 Å². The van der Waals surface area contributed by atoms with Crippen molar-refractivity contribution in [3.63, 3.8) is 0 Å². The van der Waals surface area contributed by atoms with Gasteiger partial charge in [0, 0.05) is 35.8 Å². The fourth-order valence-corrected chi connectivity index (χ4v) is 2.62. The van der Waals surface area contributed by atoms with E-state index in [0.29, 0.717) is 17.3 Å². The lowest BCUT2D eigenvalue weighted by molar-refractivity contribution is -0.124. The zero-order valence-corrected chi connectivity index (χ0v) is 19.3. The molecule has 1 aromatic carbocycles. The molecular weight excluding hydrogens is 409 g/mol. The van der Waals surface area contributed by atoms with Gasteiger partial charge in [-0.15, -0.1) is 24.8 Å². The smallest absolute Gasteiger partial charge is 0.258 e. The fraction of sp³-hybridized carbons (Fsp3) is 0.632. The molecule has 1 amide bonds. The maximum absolute atomic E-state index is 11.9. The summed E-state index contributed by atoms with van der Waals surface area (Å²) < 4.78 is 5.70. The van der Waals surface area contributed by atoms with E-state index in [4.69, 9.17) is 16.3 Å². The van der Waals surface area contributed by atoms with E-state index in [9.17, 15) is 4.79 Å². The molecule has 0 unspecified atom stereocenters. The molecular formula is C19H34Cl3N3O2. The van der Waals surface area contributed by atoms with E-state index in [1.165, 1.54) is 0 Å². The van der Waals surface area contributed by atoms with Crippen LogP contribution in [-0.4, -0.2) is 49.1 Å². The molecule has 2 N–H and O–H groups in total. The highest BCUT2D eigenvalue weighted by Crippen LogP contribution is 2.23. The Hall–Kier alpha value is -0.720. The maximum atomic E-state index is 11.9. The molecule has 27 heavy (non-hydrogen) atoms. The Morgan fingerprint density at radius 3 is 2.37 bits per heavy atom. The third-order valence-electron chi connectivity index (χ3n) is 3.71. The molecule has 1 rings (SSSR count). The summed E-state index contributed by atoms with van der Waals surface area (Å²) in [5, 5.41) is 6.96. The monoisotopic (exact) mass is 441 g/mol. The summed E-state index contributed by atoms with van der Waals surface area (Å²) in [6.07, 6.45) is 0. The van der Waals surface area contributed by atoms with Gasteiger partial charge in [-0.05, 0) is 52.1 Å². The normalized spacial score (nSPS) is 10.8. The molecule has 8 heteroatoms. The number of carbonyl (C=O) groups is 1. The Morgan fingerprint density at radius 2 is 1.81 bits per heavy atom. The number of ether oxygens (including phenoxy) is 1. The van der Waals surface area contributed by atoms with E-state index < -0.39 is 0 Å². The second kappa shape index (κ2) is 14.3. The molecule has 0 bridgehead atoms. The SMILES string of the molecule is CCN(CC)CCNCc1cc(Cl)ccc1OCC(=O)NC(C)(C)C.Cl.Cl. The first-order valence-corrected chi connectivity index (χ1v) is 9.28. The number of amides is 1. The zero-order valence-electron chi connectivity index (χ0n) is 16.9. The molecule has 1 aromatic rings. The van der Waals surface area contributed by atoms with Gasteiger partial charge in [0.2, 0.25) is 0 Å². The van der Waals surface area contributed by atoms with Crippen molar-refractivity contribution in [3.8, 4) is 5.75 Å². The van der Waals surface area contributed by atoms with E-state index in [0.717, 1.165) is 31.7 Å². The number of nitrogens with zero attached hydrogens (tertiary/aromatic N) is 1. The lowest BCUT2D eigenvalue weighted by Gasteiger charge is -2.21. The van der Waals surface area contributed by atoms with Gasteiger partial charge in [0.05, 0.1) is 0 Å². The van der Waals surface area contributed by atoms with Gasteiger partial charge in [0.25, 0.3) is 5.91 Å². The third-order valence-corrected chi connectivity index (χ3v) is 3.95. The Kier molecular flexibility index (Phi) is 15.1. The molecule has 5 nitrogen and oxygen atoms in total. The molecule has 0 aromatic heterocycles. The Balaban J connectivity index is 0. The number of halogens is 3. The number of rotatable bonds is 10. The predicted octanol–water partition coefficient (Wildman–Crippen LogP) is 3.91. The quantitative estimate of drug-likeness (QED) is 0.539. The summed E-state index contributed by atoms with van der Waals surface area (Å²) in [6, 6.07) is 5.47. The third kappa shape index (κ3) is 12.4. The standard InChI is InChI=1S/C19H32ClN3O2.2ClH/c1-6-23(7-2)11-10-21-13-15-12-16(20)8-9-17(15)25-14-18(24)22-19(3,4)5;;/h8-9,12,21H,6-7,10-11,13-14H2,1-5H3,(H,22,24);2*1H. The Morgan fingerprint density at radius 1 is 1.19 bits per heavy atom. The van der Waals surface area contributed by atoms with Crippen LogP contribution in [0.1, 0.15) is 40.2 Å². The number of nitrogens with one attached hydrogen (secondary N) is 2. The van der Waals surface area contributed by atoms with Crippen LogP contribution in [0.4, 0.5) is 0 Å². The number of carbonyl (C=O) groups excluding carboxylic acids is 1. The average Bonchev–Trinajstić information content (AvgIpc) is 2.52. The van der Waals surface area contributed by atoms with Crippen molar-refractivity contribution in [1.82, 2.24) is 15.5 Å². The van der Waals surface area contributed by atoms with E-state index in [2.05, 4.69) is 29.4 Å². The van der Waals surface area contributed by atoms with Gasteiger partial charge >= 0.3 is 0 Å². The van der Waals surface area contributed by atoms with Crippen LogP contribution >= 0.6 is 36.4 Å². The molecule has 0 radical (unpaired) electrons. The molecule has 0 spiro atoms. The van der Waals surface area contributed by atoms with E-state index in [1.807, 2.05) is 32.9 Å². The second-order valence-electron chi connectivity index (χ2n) is 7.04. The second-order valence-corrected chi connectivity index (χ2v) is 7.48. The minimum absolute atomic E-state index is 0. The summed E-state index contributed by atoms with van der Waals surface area (Å²) in [5.41, 5.74) is 0.686. The minimum atomic E-state index is -0.269. The molecule has 0 saturated carbocycles. The zero-order chi connectivity index (χ0) is 18.9. The van der Waals surface area contributed by atoms with Crippen LogP contribution in [0, 0.1) is 0 Å². The molecule has 0 aliphatic rings. The Bertz CT molecular complexity index is 547. The van der Waals surface area contributed by atoms with Crippen LogP contribution in [0.3, 0.4) is 0 Å². The van der Waals surface area contributed by atoms with E-state index in [1.54, 1.807) is 6.07 Å². The van der Waals surface area contributed by atoms with Gasteiger partial charge in [0.1, 0.15) is 5.75 Å². The first-order chi connectivity index (χ1) is 11.7. The van der Waals surface area contributed by atoms with Gasteiger partial charge < -0.3 is 20.3 Å². The highest BCUT2D eigenvalue weighted by atomic mass is 35.5. The number of hydrogen-bond donors (Lipinski definition) is 2. The summed E-state index contributed by atoms with van der Waals surface area (Å²) in [6.45, 7) is 14.8. The van der Waals surface area contributed by atoms with Crippen LogP contribution in [-0.2, 0) is 11.3 Å². The summed E-state index contributed by atoms with van der Waals surface area (Å²) in [5.74, 6) is 0.548. The van der Waals surface area contributed by atoms with E-state index in [-0.39, 0.29) is 42.9 Å². The fourth-order valence-electron chi connectivity index (χ4n) is 2.42. The number of hydrogen-bond acceptors (Lipinski definition) is 4. The largest absolute Gasteiger partial charge is 0.483 e. The van der Waals surface area contributed by atoms with Gasteiger partial charge in [-0.3, -0.25) is 4.79 Å². The highest BCUT2D eigenvalue weighted by molar-refractivity contribution is 6.30. The molecule has 0 aliphatic heterocycles. The maximum Gasteiger partial charge on any atom is 0.258 e. The highest BCUT2D eigenvalue weighted by Gasteiger charge is 2.14. The first-order valence-electron chi connectivity index (χ1n) is 8.90. The molecule has 0 heterocycles. The van der Waals surface area contributed by atoms with Crippen molar-refractivity contribution in [3.05, 3.63) is 28.8 Å². The number of likely N-dealkylation sites (N-methyl/N-ethyl adjacent to an activating group) is 1. The molecule has 0 fully saturated rings. The molecule has 158 valence electrons. The van der Waals surface area contributed by atoms with Crippen molar-refractivity contribution in [1.29, 1.82) is 0 Å². The molecule has 0 saturated heterocycles. The summed E-state index contributed by atoms with van der Waals surface area (Å²) >= 11 is 6.10. The lowest BCUT2D eigenvalue weighted by Crippen LogP contribution is -2.43. The van der Waals surface area contributed by atoms with Crippen molar-refractivity contribution in [2.75, 3.05) is 32.8 Å². The van der Waals surface area contributed by atoms with Crippen LogP contribution in [0.15, 0.2) is 18.2 Å². The van der Waals surface area contributed by atoms with Crippen molar-refractivity contribution < 1.29 is 9.53 Å². The van der Waals surface area contributed by atoms with Gasteiger partial charge in [0.15, 0.2) is 6.61 Å². The van der Waals surface area contributed by atoms with Gasteiger partial charge in [-0.2, -0.15) is 0 Å². The van der Waals surface area contributed by atoms with Gasteiger partial charge in [-0.25, -0.2) is 0 Å². The van der Waals surface area contributed by atoms with Crippen LogP contribution in [0.2, 0.25) is 5.02 Å². The van der Waals surface area contributed by atoms with E-state index >= 15 is 0 Å². The van der Waals surface area contributed by atoms with Crippen molar-refractivity contribution in [2.45, 2.75) is 46.7 Å².